The summed E-state index contributed by atoms with van der Waals surface area (Å²) >= 11 is 1.73. The van der Waals surface area contributed by atoms with E-state index in [0.29, 0.717) is 6.42 Å². The minimum absolute atomic E-state index is 0. The van der Waals surface area contributed by atoms with Crippen molar-refractivity contribution >= 4 is 36.1 Å². The number of halogens is 1. The molecule has 1 aliphatic rings. The van der Waals surface area contributed by atoms with Gasteiger partial charge in [0.1, 0.15) is 6.04 Å². The monoisotopic (exact) mass is 345 g/mol. The molecule has 0 heterocycles. The van der Waals surface area contributed by atoms with Crippen molar-refractivity contribution in [3.05, 3.63) is 35.9 Å². The highest BCUT2D eigenvalue weighted by molar-refractivity contribution is 7.98. The first-order chi connectivity index (χ1) is 10.0. The van der Waals surface area contributed by atoms with Crippen molar-refractivity contribution in [1.29, 1.82) is 0 Å². The quantitative estimate of drug-likeness (QED) is 0.624. The van der Waals surface area contributed by atoms with Gasteiger partial charge in [0.05, 0.1) is 5.92 Å². The lowest BCUT2D eigenvalue weighted by molar-refractivity contribution is -0.140. The van der Waals surface area contributed by atoms with Crippen LogP contribution < -0.4 is 5.73 Å². The van der Waals surface area contributed by atoms with Gasteiger partial charge in [-0.05, 0) is 23.7 Å². The third-order valence-corrected chi connectivity index (χ3v) is 4.98. The standard InChI is InChI=1S/C15H19NO4S.ClH/c16-13(15(19)20)11-10(12(11)14(17)18)6-7-21-8-9-4-2-1-3-5-9;/h1-5,10-13H,6-8,16H2,(H,17,18)(H,19,20);1H. The van der Waals surface area contributed by atoms with E-state index in [-0.39, 0.29) is 18.3 Å². The number of hydrogen-bond acceptors (Lipinski definition) is 4. The van der Waals surface area contributed by atoms with E-state index in [1.165, 1.54) is 5.56 Å². The van der Waals surface area contributed by atoms with Gasteiger partial charge in [0.25, 0.3) is 0 Å². The number of aliphatic carboxylic acids is 2. The normalized spacial score (nSPS) is 24.1. The Hall–Kier alpha value is -1.24. The van der Waals surface area contributed by atoms with Crippen LogP contribution in [0.15, 0.2) is 30.3 Å². The van der Waals surface area contributed by atoms with Crippen LogP contribution in [0.4, 0.5) is 0 Å². The van der Waals surface area contributed by atoms with Gasteiger partial charge in [-0.25, -0.2) is 0 Å². The molecule has 0 amide bonds. The van der Waals surface area contributed by atoms with Crippen LogP contribution in [0.1, 0.15) is 12.0 Å². The summed E-state index contributed by atoms with van der Waals surface area (Å²) in [5, 5.41) is 18.0. The lowest BCUT2D eigenvalue weighted by atomic mass is 10.1. The SMILES string of the molecule is Cl.NC(C(=O)O)C1C(CCSCc2ccccc2)C1C(=O)O. The van der Waals surface area contributed by atoms with Crippen LogP contribution in [0.5, 0.6) is 0 Å². The summed E-state index contributed by atoms with van der Waals surface area (Å²) in [7, 11) is 0. The molecule has 1 saturated carbocycles. The fraction of sp³-hybridized carbons (Fsp3) is 0.467. The first-order valence-electron chi connectivity index (χ1n) is 6.85. The maximum Gasteiger partial charge on any atom is 0.320 e. The summed E-state index contributed by atoms with van der Waals surface area (Å²) in [4.78, 5) is 22.0. The second-order valence-corrected chi connectivity index (χ2v) is 6.40. The van der Waals surface area contributed by atoms with Gasteiger partial charge in [0.2, 0.25) is 0 Å². The Morgan fingerprint density at radius 3 is 2.41 bits per heavy atom. The number of hydrogen-bond donors (Lipinski definition) is 3. The number of nitrogens with two attached hydrogens (primary N) is 1. The van der Waals surface area contributed by atoms with Crippen LogP contribution in [0.3, 0.4) is 0 Å². The van der Waals surface area contributed by atoms with E-state index >= 15 is 0 Å². The van der Waals surface area contributed by atoms with Gasteiger partial charge >= 0.3 is 11.9 Å². The highest BCUT2D eigenvalue weighted by Gasteiger charge is 2.58. The smallest absolute Gasteiger partial charge is 0.320 e. The molecule has 1 aromatic rings. The van der Waals surface area contributed by atoms with E-state index in [9.17, 15) is 9.59 Å². The molecule has 122 valence electrons. The van der Waals surface area contributed by atoms with E-state index < -0.39 is 29.8 Å². The Kier molecular flexibility index (Phi) is 7.19. The van der Waals surface area contributed by atoms with Gasteiger partial charge in [0, 0.05) is 11.7 Å². The van der Waals surface area contributed by atoms with Crippen LogP contribution in [-0.4, -0.2) is 33.9 Å². The molecule has 1 aliphatic carbocycles. The first kappa shape index (κ1) is 18.8. The van der Waals surface area contributed by atoms with Crippen LogP contribution in [-0.2, 0) is 15.3 Å². The molecule has 7 heteroatoms. The van der Waals surface area contributed by atoms with Crippen LogP contribution >= 0.6 is 24.2 Å². The summed E-state index contributed by atoms with van der Waals surface area (Å²) in [6.45, 7) is 0. The molecule has 1 fully saturated rings. The predicted octanol–water partition coefficient (Wildman–Crippen LogP) is 2.09. The molecule has 0 bridgehead atoms. The summed E-state index contributed by atoms with van der Waals surface area (Å²) in [5.74, 6) is -1.52. The number of carboxylic acids is 2. The van der Waals surface area contributed by atoms with Gasteiger partial charge < -0.3 is 15.9 Å². The van der Waals surface area contributed by atoms with Gasteiger partial charge in [0.15, 0.2) is 0 Å². The Bertz CT molecular complexity index is 514. The third kappa shape index (κ3) is 4.63. The van der Waals surface area contributed by atoms with E-state index in [1.54, 1.807) is 11.8 Å². The number of rotatable bonds is 8. The second-order valence-electron chi connectivity index (χ2n) is 5.30. The molecule has 0 aliphatic heterocycles. The molecule has 0 aromatic heterocycles. The van der Waals surface area contributed by atoms with Crippen molar-refractivity contribution in [2.75, 3.05) is 5.75 Å². The molecule has 4 atom stereocenters. The molecule has 2 rings (SSSR count). The molecule has 22 heavy (non-hydrogen) atoms. The first-order valence-corrected chi connectivity index (χ1v) is 8.00. The number of benzene rings is 1. The fourth-order valence-electron chi connectivity index (χ4n) is 2.76. The highest BCUT2D eigenvalue weighted by Crippen LogP contribution is 2.51. The van der Waals surface area contributed by atoms with E-state index in [1.807, 2.05) is 30.3 Å². The highest BCUT2D eigenvalue weighted by atomic mass is 35.5. The Morgan fingerprint density at radius 1 is 1.23 bits per heavy atom. The maximum absolute atomic E-state index is 11.1. The predicted molar refractivity (Wildman–Crippen MR) is 88.2 cm³/mol. The summed E-state index contributed by atoms with van der Waals surface area (Å²) in [5.41, 5.74) is 6.79. The molecule has 0 radical (unpaired) electrons. The zero-order chi connectivity index (χ0) is 15.4. The lowest BCUT2D eigenvalue weighted by Gasteiger charge is -2.05. The number of carbonyl (C=O) groups is 2. The van der Waals surface area contributed by atoms with Crippen LogP contribution in [0.2, 0.25) is 0 Å². The molecular weight excluding hydrogens is 326 g/mol. The van der Waals surface area contributed by atoms with Crippen molar-refractivity contribution in [1.82, 2.24) is 0 Å². The topological polar surface area (TPSA) is 101 Å². The van der Waals surface area contributed by atoms with Crippen molar-refractivity contribution in [3.8, 4) is 0 Å². The maximum atomic E-state index is 11.1. The molecule has 4 unspecified atom stereocenters. The zero-order valence-electron chi connectivity index (χ0n) is 11.9. The summed E-state index contributed by atoms with van der Waals surface area (Å²) in [6, 6.07) is 8.96. The van der Waals surface area contributed by atoms with Crippen molar-refractivity contribution in [2.24, 2.45) is 23.5 Å². The van der Waals surface area contributed by atoms with Crippen molar-refractivity contribution in [2.45, 2.75) is 18.2 Å². The molecule has 1 aromatic carbocycles. The van der Waals surface area contributed by atoms with E-state index in [4.69, 9.17) is 15.9 Å². The van der Waals surface area contributed by atoms with E-state index in [2.05, 4.69) is 0 Å². The lowest BCUT2D eigenvalue weighted by Crippen LogP contribution is -2.34. The molecular formula is C15H20ClNO4S. The fourth-order valence-corrected chi connectivity index (χ4v) is 3.77. The Morgan fingerprint density at radius 2 is 1.86 bits per heavy atom. The van der Waals surface area contributed by atoms with Gasteiger partial charge in [-0.1, -0.05) is 30.3 Å². The van der Waals surface area contributed by atoms with Gasteiger partial charge in [-0.2, -0.15) is 11.8 Å². The summed E-state index contributed by atoms with van der Waals surface area (Å²) in [6.07, 6.45) is 0.695. The van der Waals surface area contributed by atoms with Crippen LogP contribution in [0, 0.1) is 17.8 Å². The van der Waals surface area contributed by atoms with Gasteiger partial charge in [-0.15, -0.1) is 12.4 Å². The molecule has 4 N–H and O–H groups in total. The average Bonchev–Trinajstić information content (AvgIpc) is 3.18. The Balaban J connectivity index is 0.00000242. The van der Waals surface area contributed by atoms with Gasteiger partial charge in [-0.3, -0.25) is 9.59 Å². The van der Waals surface area contributed by atoms with E-state index in [0.717, 1.165) is 11.5 Å². The van der Waals surface area contributed by atoms with Crippen LogP contribution in [0.25, 0.3) is 0 Å². The van der Waals surface area contributed by atoms with Crippen molar-refractivity contribution in [3.63, 3.8) is 0 Å². The zero-order valence-corrected chi connectivity index (χ0v) is 13.6. The average molecular weight is 346 g/mol. The molecule has 5 nitrogen and oxygen atoms in total. The molecule has 0 saturated heterocycles. The number of thioether (sulfide) groups is 1. The third-order valence-electron chi connectivity index (χ3n) is 3.92. The minimum Gasteiger partial charge on any atom is -0.481 e. The minimum atomic E-state index is -1.12. The summed E-state index contributed by atoms with van der Waals surface area (Å²) < 4.78 is 0. The second kappa shape index (κ2) is 8.41. The largest absolute Gasteiger partial charge is 0.481 e. The Labute approximate surface area is 139 Å². The number of carboxylic acid groups (broad SMARTS) is 2. The molecule has 0 spiro atoms. The van der Waals surface area contributed by atoms with Crippen molar-refractivity contribution < 1.29 is 19.8 Å².